The third kappa shape index (κ3) is 4.02. The average Bonchev–Trinajstić information content (AvgIpc) is 2.66. The Balaban J connectivity index is 1.81. The van der Waals surface area contributed by atoms with Gasteiger partial charge < -0.3 is 19.7 Å². The van der Waals surface area contributed by atoms with Gasteiger partial charge in [0.15, 0.2) is 0 Å². The molecule has 1 amide bonds. The second kappa shape index (κ2) is 8.01. The molecule has 1 aliphatic rings. The van der Waals surface area contributed by atoms with Crippen molar-refractivity contribution in [1.82, 2.24) is 9.78 Å². The van der Waals surface area contributed by atoms with Crippen LogP contribution in [0.15, 0.2) is 35.3 Å². The van der Waals surface area contributed by atoms with E-state index >= 15 is 0 Å². The second-order valence-electron chi connectivity index (χ2n) is 6.01. The molecule has 138 valence electrons. The number of hydrogen-bond donors (Lipinski definition) is 1. The van der Waals surface area contributed by atoms with E-state index in [1.165, 1.54) is 10.9 Å². The maximum Gasteiger partial charge on any atom is 0.292 e. The molecule has 0 saturated carbocycles. The first-order valence-corrected chi connectivity index (χ1v) is 8.40. The van der Waals surface area contributed by atoms with Crippen LogP contribution in [0.5, 0.6) is 5.75 Å². The Morgan fingerprint density at radius 3 is 2.85 bits per heavy atom. The summed E-state index contributed by atoms with van der Waals surface area (Å²) in [6.07, 6.45) is 1.69. The Morgan fingerprint density at radius 2 is 2.12 bits per heavy atom. The van der Waals surface area contributed by atoms with Crippen LogP contribution in [0.4, 0.5) is 11.4 Å². The Morgan fingerprint density at radius 1 is 1.35 bits per heavy atom. The number of methoxy groups -OCH3 is 1. The first-order chi connectivity index (χ1) is 12.6. The van der Waals surface area contributed by atoms with Crippen molar-refractivity contribution in [3.05, 3.63) is 46.4 Å². The minimum absolute atomic E-state index is 0.176. The number of aryl methyl sites for hydroxylation is 1. The Kier molecular flexibility index (Phi) is 5.52. The highest BCUT2D eigenvalue weighted by molar-refractivity contribution is 5.95. The lowest BCUT2D eigenvalue weighted by molar-refractivity contribution is -0.115. The van der Waals surface area contributed by atoms with Gasteiger partial charge in [-0.15, -0.1) is 0 Å². The molecule has 0 radical (unpaired) electrons. The first-order valence-electron chi connectivity index (χ1n) is 8.40. The number of amides is 1. The molecule has 1 saturated heterocycles. The summed E-state index contributed by atoms with van der Waals surface area (Å²) >= 11 is 0. The van der Waals surface area contributed by atoms with Gasteiger partial charge in [0, 0.05) is 20.1 Å². The number of carbonyl (C=O) groups is 1. The van der Waals surface area contributed by atoms with Crippen LogP contribution >= 0.6 is 0 Å². The Bertz CT molecular complexity index is 843. The highest BCUT2D eigenvalue weighted by atomic mass is 16.5. The van der Waals surface area contributed by atoms with E-state index in [2.05, 4.69) is 10.4 Å². The zero-order valence-corrected chi connectivity index (χ0v) is 14.9. The number of hydrogen-bond acceptors (Lipinski definition) is 6. The van der Waals surface area contributed by atoms with Crippen LogP contribution in [0, 0.1) is 0 Å². The van der Waals surface area contributed by atoms with Crippen molar-refractivity contribution in [3.8, 4) is 5.75 Å². The SMILES string of the molecule is COc1cccc(CC(=O)Nc2cnn(C)c(=O)c2N2CCOCC2)c1. The summed E-state index contributed by atoms with van der Waals surface area (Å²) in [6.45, 7) is 2.28. The molecule has 8 heteroatoms. The Labute approximate surface area is 151 Å². The third-order valence-electron chi connectivity index (χ3n) is 4.21. The van der Waals surface area contributed by atoms with Gasteiger partial charge in [-0.3, -0.25) is 9.59 Å². The highest BCUT2D eigenvalue weighted by Gasteiger charge is 2.21. The molecule has 26 heavy (non-hydrogen) atoms. The normalized spacial score (nSPS) is 14.2. The maximum absolute atomic E-state index is 12.6. The molecule has 1 aromatic carbocycles. The number of benzene rings is 1. The fourth-order valence-corrected chi connectivity index (χ4v) is 2.87. The van der Waals surface area contributed by atoms with Gasteiger partial charge in [0.25, 0.3) is 5.56 Å². The topological polar surface area (TPSA) is 85.7 Å². The van der Waals surface area contributed by atoms with Crippen molar-refractivity contribution in [3.63, 3.8) is 0 Å². The monoisotopic (exact) mass is 358 g/mol. The van der Waals surface area contributed by atoms with Gasteiger partial charge >= 0.3 is 0 Å². The van der Waals surface area contributed by atoms with Crippen LogP contribution in [-0.2, 0) is 23.0 Å². The molecule has 8 nitrogen and oxygen atoms in total. The molecule has 1 aliphatic heterocycles. The predicted octanol–water partition coefficient (Wildman–Crippen LogP) is 0.807. The number of anilines is 2. The Hall–Kier alpha value is -2.87. The summed E-state index contributed by atoms with van der Waals surface area (Å²) in [7, 11) is 3.17. The van der Waals surface area contributed by atoms with E-state index < -0.39 is 0 Å². The van der Waals surface area contributed by atoms with Crippen molar-refractivity contribution < 1.29 is 14.3 Å². The molecule has 1 N–H and O–H groups in total. The molecule has 0 bridgehead atoms. The van der Waals surface area contributed by atoms with Gasteiger partial charge in [-0.25, -0.2) is 4.68 Å². The molecule has 2 heterocycles. The number of morpholine rings is 1. The average molecular weight is 358 g/mol. The molecule has 3 rings (SSSR count). The van der Waals surface area contributed by atoms with E-state index in [0.29, 0.717) is 43.4 Å². The second-order valence-corrected chi connectivity index (χ2v) is 6.01. The zero-order valence-electron chi connectivity index (χ0n) is 14.9. The number of nitrogens with one attached hydrogen (secondary N) is 1. The lowest BCUT2D eigenvalue weighted by Crippen LogP contribution is -2.41. The van der Waals surface area contributed by atoms with Crippen molar-refractivity contribution in [2.45, 2.75) is 6.42 Å². The van der Waals surface area contributed by atoms with Crippen molar-refractivity contribution >= 4 is 17.3 Å². The number of nitrogens with zero attached hydrogens (tertiary/aromatic N) is 3. The van der Waals surface area contributed by atoms with E-state index in [1.807, 2.05) is 29.2 Å². The predicted molar refractivity (Wildman–Crippen MR) is 97.8 cm³/mol. The van der Waals surface area contributed by atoms with Crippen molar-refractivity contribution in [2.24, 2.45) is 7.05 Å². The number of ether oxygens (including phenoxy) is 2. The fourth-order valence-electron chi connectivity index (χ4n) is 2.87. The van der Waals surface area contributed by atoms with Gasteiger partial charge in [0.05, 0.1) is 38.6 Å². The smallest absolute Gasteiger partial charge is 0.292 e. The minimum Gasteiger partial charge on any atom is -0.497 e. The van der Waals surface area contributed by atoms with Crippen LogP contribution in [0.3, 0.4) is 0 Å². The number of aromatic nitrogens is 2. The molecule has 0 spiro atoms. The van der Waals surface area contributed by atoms with Crippen molar-refractivity contribution in [1.29, 1.82) is 0 Å². The van der Waals surface area contributed by atoms with Gasteiger partial charge in [-0.1, -0.05) is 12.1 Å². The van der Waals surface area contributed by atoms with Gasteiger partial charge in [0.1, 0.15) is 11.4 Å². The van der Waals surface area contributed by atoms with Crippen LogP contribution < -0.4 is 20.5 Å². The summed E-state index contributed by atoms with van der Waals surface area (Å²) in [5.41, 5.74) is 1.45. The molecular formula is C18H22N4O4. The van der Waals surface area contributed by atoms with E-state index in [9.17, 15) is 9.59 Å². The quantitative estimate of drug-likeness (QED) is 0.851. The molecule has 2 aromatic rings. The van der Waals surface area contributed by atoms with E-state index in [1.54, 1.807) is 14.2 Å². The van der Waals surface area contributed by atoms with Crippen LogP contribution in [0.2, 0.25) is 0 Å². The van der Waals surface area contributed by atoms with Gasteiger partial charge in [-0.05, 0) is 17.7 Å². The molecule has 0 atom stereocenters. The summed E-state index contributed by atoms with van der Waals surface area (Å²) in [5.74, 6) is 0.474. The zero-order chi connectivity index (χ0) is 18.5. The van der Waals surface area contributed by atoms with Gasteiger partial charge in [-0.2, -0.15) is 5.10 Å². The summed E-state index contributed by atoms with van der Waals surface area (Å²) in [5, 5.41) is 6.86. The van der Waals surface area contributed by atoms with E-state index in [4.69, 9.17) is 9.47 Å². The first kappa shape index (κ1) is 17.9. The lowest BCUT2D eigenvalue weighted by atomic mass is 10.1. The highest BCUT2D eigenvalue weighted by Crippen LogP contribution is 2.22. The third-order valence-corrected chi connectivity index (χ3v) is 4.21. The summed E-state index contributed by atoms with van der Waals surface area (Å²) in [4.78, 5) is 27.0. The van der Waals surface area contributed by atoms with E-state index in [0.717, 1.165) is 5.56 Å². The largest absolute Gasteiger partial charge is 0.497 e. The van der Waals surface area contributed by atoms with Crippen molar-refractivity contribution in [2.75, 3.05) is 43.6 Å². The number of rotatable bonds is 5. The van der Waals surface area contributed by atoms with E-state index in [-0.39, 0.29) is 17.9 Å². The standard InChI is InChI=1S/C18H22N4O4/c1-21-18(24)17(22-6-8-26-9-7-22)15(12-19-21)20-16(23)11-13-4-3-5-14(10-13)25-2/h3-5,10,12H,6-9,11H2,1-2H3,(H,20,23). The summed E-state index contributed by atoms with van der Waals surface area (Å²) in [6, 6.07) is 7.32. The molecular weight excluding hydrogens is 336 g/mol. The molecule has 0 aliphatic carbocycles. The van der Waals surface area contributed by atoms with Crippen LogP contribution in [0.1, 0.15) is 5.56 Å². The van der Waals surface area contributed by atoms with Crippen LogP contribution in [-0.4, -0.2) is 49.1 Å². The molecule has 0 unspecified atom stereocenters. The van der Waals surface area contributed by atoms with Gasteiger partial charge in [0.2, 0.25) is 5.91 Å². The summed E-state index contributed by atoms with van der Waals surface area (Å²) < 4.78 is 11.8. The molecule has 1 fully saturated rings. The molecule has 1 aromatic heterocycles. The minimum atomic E-state index is -0.244. The van der Waals surface area contributed by atoms with Crippen LogP contribution in [0.25, 0.3) is 0 Å². The number of carbonyl (C=O) groups excluding carboxylic acids is 1. The fraction of sp³-hybridized carbons (Fsp3) is 0.389. The lowest BCUT2D eigenvalue weighted by Gasteiger charge is -2.29. The maximum atomic E-state index is 12.6.